The largest absolute Gasteiger partial charge is 0.503 e. The van der Waals surface area contributed by atoms with Crippen molar-refractivity contribution in [2.75, 3.05) is 37.1 Å². The molecule has 39 heavy (non-hydrogen) atoms. The molecule has 0 saturated carbocycles. The highest BCUT2D eigenvalue weighted by Gasteiger charge is 2.46. The van der Waals surface area contributed by atoms with E-state index in [4.69, 9.17) is 13.9 Å². The van der Waals surface area contributed by atoms with Crippen LogP contribution < -0.4 is 19.3 Å². The Labute approximate surface area is 226 Å². The number of Topliss-reactive ketones (excluding diaryl/α,β-unsaturated/α-hetero) is 1. The summed E-state index contributed by atoms with van der Waals surface area (Å²) in [6.07, 6.45) is 0. The van der Waals surface area contributed by atoms with Crippen molar-refractivity contribution in [2.24, 2.45) is 0 Å². The first-order chi connectivity index (χ1) is 18.9. The second kappa shape index (κ2) is 10.6. The zero-order valence-corrected chi connectivity index (χ0v) is 22.3. The molecule has 8 nitrogen and oxygen atoms in total. The van der Waals surface area contributed by atoms with Crippen LogP contribution in [-0.2, 0) is 4.79 Å². The predicted octanol–water partition coefficient (Wildman–Crippen LogP) is 6.08. The summed E-state index contributed by atoms with van der Waals surface area (Å²) in [7, 11) is 3.03. The smallest absolute Gasteiger partial charge is 0.294 e. The van der Waals surface area contributed by atoms with E-state index in [1.165, 1.54) is 19.1 Å². The molecule has 0 saturated heterocycles. The van der Waals surface area contributed by atoms with Crippen molar-refractivity contribution in [3.05, 3.63) is 95.5 Å². The molecule has 1 unspecified atom stereocenters. The summed E-state index contributed by atoms with van der Waals surface area (Å²) in [5.74, 6) is -1.01. The Kier molecular flexibility index (Phi) is 7.02. The average molecular weight is 527 g/mol. The zero-order chi connectivity index (χ0) is 27.7. The maximum atomic E-state index is 14.0. The van der Waals surface area contributed by atoms with Crippen molar-refractivity contribution in [3.63, 3.8) is 0 Å². The number of aliphatic hydroxyl groups excluding tert-OH is 1. The molecule has 200 valence electrons. The molecule has 1 aromatic heterocycles. The number of fused-ring (bicyclic) bond motifs is 1. The lowest BCUT2D eigenvalue weighted by atomic mass is 9.94. The van der Waals surface area contributed by atoms with Gasteiger partial charge in [0.05, 0.1) is 31.5 Å². The molecule has 1 amide bonds. The molecule has 4 aromatic rings. The van der Waals surface area contributed by atoms with E-state index in [-0.39, 0.29) is 11.3 Å². The first kappa shape index (κ1) is 25.9. The van der Waals surface area contributed by atoms with E-state index in [1.54, 1.807) is 48.5 Å². The molecule has 1 N–H and O–H groups in total. The molecule has 8 heteroatoms. The third-order valence-corrected chi connectivity index (χ3v) is 7.09. The monoisotopic (exact) mass is 526 g/mol. The molecule has 0 fully saturated rings. The van der Waals surface area contributed by atoms with Crippen molar-refractivity contribution in [3.8, 4) is 11.5 Å². The fraction of sp³-hybridized carbons (Fsp3) is 0.226. The average Bonchev–Trinajstić information content (AvgIpc) is 3.52. The van der Waals surface area contributed by atoms with E-state index in [0.29, 0.717) is 33.7 Å². The van der Waals surface area contributed by atoms with Gasteiger partial charge in [0, 0.05) is 24.2 Å². The van der Waals surface area contributed by atoms with Gasteiger partial charge in [0.1, 0.15) is 5.75 Å². The van der Waals surface area contributed by atoms with Gasteiger partial charge in [-0.3, -0.25) is 14.5 Å². The lowest BCUT2D eigenvalue weighted by molar-refractivity contribution is -0.117. The normalized spacial score (nSPS) is 15.2. The maximum Gasteiger partial charge on any atom is 0.294 e. The summed E-state index contributed by atoms with van der Waals surface area (Å²) < 4.78 is 16.8. The number of carbonyl (C=O) groups is 2. The van der Waals surface area contributed by atoms with Crippen LogP contribution in [0.2, 0.25) is 0 Å². The van der Waals surface area contributed by atoms with Crippen LogP contribution in [0.3, 0.4) is 0 Å². The van der Waals surface area contributed by atoms with E-state index in [9.17, 15) is 14.7 Å². The number of carbonyl (C=O) groups excluding carboxylic acids is 2. The third kappa shape index (κ3) is 4.37. The van der Waals surface area contributed by atoms with Gasteiger partial charge in [-0.05, 0) is 55.8 Å². The van der Waals surface area contributed by atoms with Crippen molar-refractivity contribution in [1.82, 2.24) is 0 Å². The number of ketones is 1. The summed E-state index contributed by atoms with van der Waals surface area (Å²) in [5.41, 5.74) is 2.45. The Morgan fingerprint density at radius 2 is 1.62 bits per heavy atom. The number of nitrogens with zero attached hydrogens (tertiary/aromatic N) is 2. The van der Waals surface area contributed by atoms with Gasteiger partial charge in [-0.1, -0.05) is 36.4 Å². The number of rotatable bonds is 9. The molecule has 1 aliphatic heterocycles. The van der Waals surface area contributed by atoms with Gasteiger partial charge in [-0.2, -0.15) is 0 Å². The minimum atomic E-state index is -0.915. The number of anilines is 2. The summed E-state index contributed by atoms with van der Waals surface area (Å²) >= 11 is 0. The quantitative estimate of drug-likeness (QED) is 0.264. The van der Waals surface area contributed by atoms with Crippen molar-refractivity contribution in [2.45, 2.75) is 19.9 Å². The molecule has 3 aromatic carbocycles. The van der Waals surface area contributed by atoms with Gasteiger partial charge in [0.15, 0.2) is 22.9 Å². The molecule has 0 spiro atoms. The number of aliphatic hydroxyl groups is 1. The zero-order valence-electron chi connectivity index (χ0n) is 22.3. The summed E-state index contributed by atoms with van der Waals surface area (Å²) in [5, 5.41) is 11.8. The number of methoxy groups -OCH3 is 2. The molecule has 5 rings (SSSR count). The lowest BCUT2D eigenvalue weighted by Gasteiger charge is -2.28. The van der Waals surface area contributed by atoms with E-state index in [1.807, 2.05) is 24.3 Å². The van der Waals surface area contributed by atoms with Gasteiger partial charge in [0.25, 0.3) is 5.91 Å². The highest BCUT2D eigenvalue weighted by molar-refractivity contribution is 6.21. The molecule has 0 radical (unpaired) electrons. The Balaban J connectivity index is 1.66. The van der Waals surface area contributed by atoms with Crippen molar-refractivity contribution >= 4 is 34.0 Å². The van der Waals surface area contributed by atoms with Gasteiger partial charge >= 0.3 is 0 Å². The molecule has 1 atom stereocenters. The van der Waals surface area contributed by atoms with Crippen LogP contribution in [0.1, 0.15) is 36.0 Å². The number of benzene rings is 3. The van der Waals surface area contributed by atoms with Crippen LogP contribution in [0.25, 0.3) is 11.0 Å². The second-order valence-corrected chi connectivity index (χ2v) is 9.09. The Morgan fingerprint density at radius 1 is 0.949 bits per heavy atom. The number of hydrogen-bond acceptors (Lipinski definition) is 7. The topological polar surface area (TPSA) is 92.5 Å². The Morgan fingerprint density at radius 3 is 2.28 bits per heavy atom. The van der Waals surface area contributed by atoms with Gasteiger partial charge in [-0.25, -0.2) is 0 Å². The minimum absolute atomic E-state index is 0.00418. The van der Waals surface area contributed by atoms with Gasteiger partial charge in [0.2, 0.25) is 5.78 Å². The van der Waals surface area contributed by atoms with E-state index < -0.39 is 23.5 Å². The standard InChI is InChI=1S/C31H30N2O6/c1-5-32(6-2)21-16-14-19(15-17-21)27-26(28(34)25-18-20-10-9-13-24(38-4)30(20)39-25)29(35)31(36)33(27)22-11-7-8-12-23(22)37-3/h7-18,27,35H,5-6H2,1-4H3. The summed E-state index contributed by atoms with van der Waals surface area (Å²) in [6, 6.07) is 20.7. The molecular formula is C31H30N2O6. The fourth-order valence-corrected chi connectivity index (χ4v) is 5.13. The first-order valence-electron chi connectivity index (χ1n) is 12.8. The number of furan rings is 1. The van der Waals surface area contributed by atoms with Crippen LogP contribution in [0.4, 0.5) is 11.4 Å². The van der Waals surface area contributed by atoms with Crippen LogP contribution >= 0.6 is 0 Å². The minimum Gasteiger partial charge on any atom is -0.503 e. The first-order valence-corrected chi connectivity index (χ1v) is 12.8. The maximum absolute atomic E-state index is 14.0. The summed E-state index contributed by atoms with van der Waals surface area (Å²) in [4.78, 5) is 31.2. The highest BCUT2D eigenvalue weighted by atomic mass is 16.5. The van der Waals surface area contributed by atoms with Gasteiger partial charge < -0.3 is 23.9 Å². The number of ether oxygens (including phenoxy) is 2. The number of para-hydroxylation sites is 3. The highest BCUT2D eigenvalue weighted by Crippen LogP contribution is 2.45. The molecule has 1 aliphatic rings. The van der Waals surface area contributed by atoms with Crippen molar-refractivity contribution in [1.29, 1.82) is 0 Å². The third-order valence-electron chi connectivity index (χ3n) is 7.09. The second-order valence-electron chi connectivity index (χ2n) is 9.09. The number of amides is 1. The lowest BCUT2D eigenvalue weighted by Crippen LogP contribution is -2.31. The van der Waals surface area contributed by atoms with E-state index in [0.717, 1.165) is 18.8 Å². The van der Waals surface area contributed by atoms with Crippen molar-refractivity contribution < 1.29 is 28.6 Å². The predicted molar refractivity (Wildman–Crippen MR) is 150 cm³/mol. The fourth-order valence-electron chi connectivity index (χ4n) is 5.13. The van der Waals surface area contributed by atoms with E-state index in [2.05, 4.69) is 18.7 Å². The van der Waals surface area contributed by atoms with Crippen LogP contribution in [0.15, 0.2) is 88.5 Å². The molecule has 0 aliphatic carbocycles. The van der Waals surface area contributed by atoms with Crippen LogP contribution in [0, 0.1) is 0 Å². The molecular weight excluding hydrogens is 496 g/mol. The Hall–Kier alpha value is -4.72. The molecule has 0 bridgehead atoms. The van der Waals surface area contributed by atoms with Gasteiger partial charge in [-0.15, -0.1) is 0 Å². The molecule has 2 heterocycles. The number of hydrogen-bond donors (Lipinski definition) is 1. The summed E-state index contributed by atoms with van der Waals surface area (Å²) in [6.45, 7) is 5.84. The van der Waals surface area contributed by atoms with E-state index >= 15 is 0 Å². The Bertz CT molecular complexity index is 1570. The van der Waals surface area contributed by atoms with Crippen LogP contribution in [0.5, 0.6) is 11.5 Å². The van der Waals surface area contributed by atoms with Crippen LogP contribution in [-0.4, -0.2) is 44.1 Å². The SMILES string of the molecule is CCN(CC)c1ccc(C2C(C(=O)c3cc4cccc(OC)c4o3)=C(O)C(=O)N2c2ccccc2OC)cc1.